The second-order valence-corrected chi connectivity index (χ2v) is 6.18. The molecule has 120 valence electrons. The number of rotatable bonds is 3. The summed E-state index contributed by atoms with van der Waals surface area (Å²) >= 11 is 0. The summed E-state index contributed by atoms with van der Waals surface area (Å²) in [4.78, 5) is 23.4. The molecule has 1 aliphatic heterocycles. The highest BCUT2D eigenvalue weighted by Gasteiger charge is 2.39. The monoisotopic (exact) mass is 312 g/mol. The number of morpholine rings is 1. The molecule has 1 saturated carbocycles. The molecule has 0 bridgehead atoms. The summed E-state index contributed by atoms with van der Waals surface area (Å²) in [7, 11) is 1.83. The van der Waals surface area contributed by atoms with Crippen molar-refractivity contribution in [2.24, 2.45) is 5.92 Å². The van der Waals surface area contributed by atoms with Crippen LogP contribution in [0.1, 0.15) is 23.2 Å². The van der Waals surface area contributed by atoms with Crippen molar-refractivity contribution in [3.8, 4) is 0 Å². The van der Waals surface area contributed by atoms with Crippen LogP contribution in [-0.2, 0) is 4.74 Å². The van der Waals surface area contributed by atoms with Crippen LogP contribution in [0.15, 0.2) is 24.5 Å². The molecule has 0 spiro atoms. The predicted molar refractivity (Wildman–Crippen MR) is 87.5 cm³/mol. The molecule has 1 N–H and O–H groups in total. The van der Waals surface area contributed by atoms with E-state index in [9.17, 15) is 4.79 Å². The molecule has 6 heteroatoms. The van der Waals surface area contributed by atoms with E-state index in [1.165, 1.54) is 19.2 Å². The average Bonchev–Trinajstić information content (AvgIpc) is 3.45. The van der Waals surface area contributed by atoms with Crippen molar-refractivity contribution in [3.63, 3.8) is 0 Å². The van der Waals surface area contributed by atoms with Crippen molar-refractivity contribution in [1.29, 1.82) is 0 Å². The number of ether oxygens (including phenoxy) is 1. The van der Waals surface area contributed by atoms with Crippen LogP contribution < -0.4 is 5.32 Å². The Kier molecular flexibility index (Phi) is 3.61. The number of amides is 1. The summed E-state index contributed by atoms with van der Waals surface area (Å²) in [6.45, 7) is 1.95. The summed E-state index contributed by atoms with van der Waals surface area (Å²) in [6, 6.07) is 5.87. The summed E-state index contributed by atoms with van der Waals surface area (Å²) in [5.74, 6) is 1.46. The van der Waals surface area contributed by atoms with E-state index in [-0.39, 0.29) is 11.9 Å². The topological polar surface area (TPSA) is 67.4 Å². The zero-order valence-electron chi connectivity index (χ0n) is 13.2. The van der Waals surface area contributed by atoms with Crippen LogP contribution in [0.3, 0.4) is 0 Å². The third kappa shape index (κ3) is 2.63. The van der Waals surface area contributed by atoms with Crippen LogP contribution in [0.5, 0.6) is 0 Å². The number of fused-ring (bicyclic) bond motifs is 1. The zero-order valence-corrected chi connectivity index (χ0v) is 13.2. The second-order valence-electron chi connectivity index (χ2n) is 6.18. The molecule has 1 aromatic carbocycles. The van der Waals surface area contributed by atoms with Crippen molar-refractivity contribution >= 4 is 22.6 Å². The largest absolute Gasteiger partial charge is 0.377 e. The maximum absolute atomic E-state index is 13.0. The Hall–Kier alpha value is -2.21. The van der Waals surface area contributed by atoms with Gasteiger partial charge in [-0.1, -0.05) is 0 Å². The number of benzene rings is 1. The van der Waals surface area contributed by atoms with Gasteiger partial charge in [-0.25, -0.2) is 9.97 Å². The Bertz CT molecular complexity index is 744. The first-order chi connectivity index (χ1) is 11.3. The smallest absolute Gasteiger partial charge is 0.254 e. The highest BCUT2D eigenvalue weighted by Crippen LogP contribution is 2.37. The highest BCUT2D eigenvalue weighted by molar-refractivity contribution is 5.99. The van der Waals surface area contributed by atoms with Gasteiger partial charge in [0.1, 0.15) is 12.1 Å². The fourth-order valence-electron chi connectivity index (χ4n) is 3.30. The summed E-state index contributed by atoms with van der Waals surface area (Å²) in [6.07, 6.45) is 3.92. The van der Waals surface area contributed by atoms with E-state index < -0.39 is 0 Å². The van der Waals surface area contributed by atoms with E-state index in [0.29, 0.717) is 31.2 Å². The Balaban J connectivity index is 1.66. The summed E-state index contributed by atoms with van der Waals surface area (Å²) in [5.41, 5.74) is 1.47. The average molecular weight is 312 g/mol. The normalized spacial score (nSPS) is 21.4. The molecule has 1 amide bonds. The molecule has 2 heterocycles. The maximum Gasteiger partial charge on any atom is 0.254 e. The lowest BCUT2D eigenvalue weighted by Gasteiger charge is -2.36. The fraction of sp³-hybridized carbons (Fsp3) is 0.471. The van der Waals surface area contributed by atoms with Gasteiger partial charge in [-0.05, 0) is 37.0 Å². The number of aromatic nitrogens is 2. The molecule has 1 atom stereocenters. The minimum absolute atomic E-state index is 0.0803. The molecule has 0 radical (unpaired) electrons. The van der Waals surface area contributed by atoms with E-state index >= 15 is 0 Å². The van der Waals surface area contributed by atoms with Gasteiger partial charge in [0.05, 0.1) is 24.8 Å². The highest BCUT2D eigenvalue weighted by atomic mass is 16.5. The van der Waals surface area contributed by atoms with E-state index in [1.807, 2.05) is 30.1 Å². The second kappa shape index (κ2) is 5.77. The number of carbonyl (C=O) groups is 1. The minimum Gasteiger partial charge on any atom is -0.377 e. The Morgan fingerprint density at radius 3 is 3.00 bits per heavy atom. The minimum atomic E-state index is 0.0803. The molecule has 2 aromatic rings. The quantitative estimate of drug-likeness (QED) is 0.938. The zero-order chi connectivity index (χ0) is 15.8. The van der Waals surface area contributed by atoms with Crippen molar-refractivity contribution < 1.29 is 9.53 Å². The van der Waals surface area contributed by atoms with Crippen LogP contribution >= 0.6 is 0 Å². The van der Waals surface area contributed by atoms with Crippen LogP contribution in [0.25, 0.3) is 10.9 Å². The van der Waals surface area contributed by atoms with Gasteiger partial charge >= 0.3 is 0 Å². The Labute approximate surface area is 134 Å². The molecule has 6 nitrogen and oxygen atoms in total. The lowest BCUT2D eigenvalue weighted by molar-refractivity contribution is -0.00833. The van der Waals surface area contributed by atoms with Gasteiger partial charge in [-0.15, -0.1) is 0 Å². The number of carbonyl (C=O) groups excluding carboxylic acids is 1. The SMILES string of the molecule is CNc1ncnc2cc(C(=O)N3CCOCC3C3CC3)ccc12. The molecule has 1 aromatic heterocycles. The van der Waals surface area contributed by atoms with Gasteiger partial charge in [0, 0.05) is 24.5 Å². The number of nitrogens with zero attached hydrogens (tertiary/aromatic N) is 3. The van der Waals surface area contributed by atoms with Crippen LogP contribution in [0.4, 0.5) is 5.82 Å². The molecule has 23 heavy (non-hydrogen) atoms. The van der Waals surface area contributed by atoms with Gasteiger partial charge in [-0.2, -0.15) is 0 Å². The first kappa shape index (κ1) is 14.4. The lowest BCUT2D eigenvalue weighted by Crippen LogP contribution is -2.49. The molecular formula is C17H20N4O2. The Morgan fingerprint density at radius 2 is 2.22 bits per heavy atom. The lowest BCUT2D eigenvalue weighted by atomic mass is 10.1. The van der Waals surface area contributed by atoms with Gasteiger partial charge < -0.3 is 15.0 Å². The van der Waals surface area contributed by atoms with Gasteiger partial charge in [0.25, 0.3) is 5.91 Å². The molecule has 2 fully saturated rings. The molecule has 2 aliphatic rings. The molecule has 4 rings (SSSR count). The van der Waals surface area contributed by atoms with Crippen molar-refractivity contribution in [2.45, 2.75) is 18.9 Å². The van der Waals surface area contributed by atoms with Crippen LogP contribution in [-0.4, -0.2) is 53.6 Å². The third-order valence-electron chi connectivity index (χ3n) is 4.71. The number of anilines is 1. The van der Waals surface area contributed by atoms with Gasteiger partial charge in [0.2, 0.25) is 0 Å². The first-order valence-corrected chi connectivity index (χ1v) is 8.09. The molecule has 1 unspecified atom stereocenters. The van der Waals surface area contributed by atoms with Gasteiger partial charge in [0.15, 0.2) is 0 Å². The van der Waals surface area contributed by atoms with Crippen LogP contribution in [0.2, 0.25) is 0 Å². The predicted octanol–water partition coefficient (Wildman–Crippen LogP) is 1.92. The van der Waals surface area contributed by atoms with Crippen molar-refractivity contribution in [2.75, 3.05) is 32.1 Å². The van der Waals surface area contributed by atoms with E-state index in [0.717, 1.165) is 16.7 Å². The standard InChI is InChI=1S/C17H20N4O2/c1-18-16-13-5-4-12(8-14(13)19-10-20-16)17(22)21-6-7-23-9-15(21)11-2-3-11/h4-5,8,10-11,15H,2-3,6-7,9H2,1H3,(H,18,19,20). The van der Waals surface area contributed by atoms with E-state index in [1.54, 1.807) is 0 Å². The van der Waals surface area contributed by atoms with Crippen molar-refractivity contribution in [1.82, 2.24) is 14.9 Å². The fourth-order valence-corrected chi connectivity index (χ4v) is 3.30. The first-order valence-electron chi connectivity index (χ1n) is 8.09. The van der Waals surface area contributed by atoms with Crippen LogP contribution in [0, 0.1) is 5.92 Å². The number of hydrogen-bond donors (Lipinski definition) is 1. The van der Waals surface area contributed by atoms with E-state index in [4.69, 9.17) is 4.74 Å². The Morgan fingerprint density at radius 1 is 1.35 bits per heavy atom. The third-order valence-corrected chi connectivity index (χ3v) is 4.71. The number of nitrogens with one attached hydrogen (secondary N) is 1. The number of hydrogen-bond acceptors (Lipinski definition) is 5. The summed E-state index contributed by atoms with van der Waals surface area (Å²) < 4.78 is 5.58. The maximum atomic E-state index is 13.0. The van der Waals surface area contributed by atoms with E-state index in [2.05, 4.69) is 15.3 Å². The molecule has 1 aliphatic carbocycles. The van der Waals surface area contributed by atoms with Gasteiger partial charge in [-0.3, -0.25) is 4.79 Å². The molecule has 1 saturated heterocycles. The van der Waals surface area contributed by atoms with Crippen molar-refractivity contribution in [3.05, 3.63) is 30.1 Å². The molecular weight excluding hydrogens is 292 g/mol. The summed E-state index contributed by atoms with van der Waals surface area (Å²) in [5, 5.41) is 3.97.